The molecule has 0 saturated heterocycles. The smallest absolute Gasteiger partial charge is 0.446 e. The molecule has 0 spiro atoms. The number of aromatic hydroxyl groups is 1. The molecule has 0 saturated carbocycles. The first kappa shape index (κ1) is 24.8. The van der Waals surface area contributed by atoms with Crippen molar-refractivity contribution < 1.29 is 31.8 Å². The van der Waals surface area contributed by atoms with E-state index >= 15 is 0 Å². The molecule has 2 aromatic carbocycles. The first-order valence-corrected chi connectivity index (χ1v) is 10.3. The summed E-state index contributed by atoms with van der Waals surface area (Å²) in [5, 5.41) is 9.72. The van der Waals surface area contributed by atoms with E-state index in [9.17, 15) is 18.3 Å². The number of hydrogen-bond acceptors (Lipinski definition) is 7. The number of esters is 1. The van der Waals surface area contributed by atoms with Crippen LogP contribution in [0.15, 0.2) is 72.9 Å². The van der Waals surface area contributed by atoms with E-state index in [-0.39, 0.29) is 47.7 Å². The zero-order chi connectivity index (χ0) is 21.8. The van der Waals surface area contributed by atoms with Crippen LogP contribution in [-0.4, -0.2) is 65.2 Å². The second-order valence-corrected chi connectivity index (χ2v) is 7.29. The molecule has 0 bridgehead atoms. The van der Waals surface area contributed by atoms with Gasteiger partial charge in [-0.2, -0.15) is 8.42 Å². The number of aromatic nitrogens is 1. The van der Waals surface area contributed by atoms with E-state index < -0.39 is 21.8 Å². The summed E-state index contributed by atoms with van der Waals surface area (Å²) < 4.78 is 40.7. The first-order chi connectivity index (χ1) is 14.3. The third-order valence-corrected chi connectivity index (χ3v) is 4.82. The van der Waals surface area contributed by atoms with Crippen LogP contribution >= 0.6 is 0 Å². The molecular formula is C21H19NNaO7S. The van der Waals surface area contributed by atoms with E-state index in [2.05, 4.69) is 9.17 Å². The van der Waals surface area contributed by atoms with Gasteiger partial charge in [-0.25, -0.2) is 0 Å². The van der Waals surface area contributed by atoms with Crippen LogP contribution in [-0.2, 0) is 25.3 Å². The van der Waals surface area contributed by atoms with Gasteiger partial charge in [-0.1, -0.05) is 30.3 Å². The fourth-order valence-electron chi connectivity index (χ4n) is 3.22. The molecule has 10 heteroatoms. The number of hydrogen-bond donors (Lipinski definition) is 2. The minimum absolute atomic E-state index is 0. The van der Waals surface area contributed by atoms with Crippen LogP contribution < -0.4 is 4.18 Å². The van der Waals surface area contributed by atoms with Crippen LogP contribution in [0, 0.1) is 0 Å². The van der Waals surface area contributed by atoms with Gasteiger partial charge in [0.05, 0.1) is 12.3 Å². The maximum atomic E-state index is 13.4. The van der Waals surface area contributed by atoms with Crippen molar-refractivity contribution in [2.75, 3.05) is 6.61 Å². The maximum Gasteiger partial charge on any atom is 0.446 e. The molecule has 0 aliphatic heterocycles. The Hall–Kier alpha value is -2.43. The minimum atomic E-state index is -4.69. The number of phenols is 1. The fraction of sp³-hybridized carbons (Fsp3) is 0.143. The molecule has 0 aliphatic carbocycles. The van der Waals surface area contributed by atoms with Crippen molar-refractivity contribution in [1.82, 2.24) is 4.98 Å². The van der Waals surface area contributed by atoms with E-state index in [1.165, 1.54) is 36.4 Å². The van der Waals surface area contributed by atoms with Gasteiger partial charge in [0.15, 0.2) is 5.41 Å². The fourth-order valence-corrected chi connectivity index (χ4v) is 3.57. The van der Waals surface area contributed by atoms with E-state index in [1.54, 1.807) is 43.5 Å². The standard InChI is InChI=1S/C21H19NO7S.Na/c1-2-28-20(24)21(19-5-3-4-14-22-19,15-6-10-17(23)11-7-15)16-8-12-18(13-9-16)29-30(25,26)27;/h3-14,23H,2H2,1H3,(H,25,26,27);. The van der Waals surface area contributed by atoms with Crippen molar-refractivity contribution in [3.63, 3.8) is 0 Å². The van der Waals surface area contributed by atoms with Gasteiger partial charge in [0.2, 0.25) is 0 Å². The molecule has 31 heavy (non-hydrogen) atoms. The molecule has 3 aromatic rings. The van der Waals surface area contributed by atoms with Crippen LogP contribution in [0.3, 0.4) is 0 Å². The second kappa shape index (κ2) is 10.3. The molecule has 0 amide bonds. The maximum absolute atomic E-state index is 13.4. The topological polar surface area (TPSA) is 123 Å². The van der Waals surface area contributed by atoms with E-state index in [0.717, 1.165) is 0 Å². The monoisotopic (exact) mass is 452 g/mol. The molecule has 0 fully saturated rings. The van der Waals surface area contributed by atoms with Crippen molar-refractivity contribution >= 4 is 45.9 Å². The predicted molar refractivity (Wildman–Crippen MR) is 113 cm³/mol. The molecule has 0 aliphatic rings. The van der Waals surface area contributed by atoms with Gasteiger partial charge in [0, 0.05) is 35.8 Å². The number of carbonyl (C=O) groups is 1. The first-order valence-electron chi connectivity index (χ1n) is 8.93. The molecule has 1 heterocycles. The Kier molecular flexibility index (Phi) is 8.21. The summed E-state index contributed by atoms with van der Waals surface area (Å²) in [6, 6.07) is 16.8. The number of phenolic OH excluding ortho intramolecular Hbond substituents is 1. The second-order valence-electron chi connectivity index (χ2n) is 6.27. The molecule has 1 aromatic heterocycles. The average Bonchev–Trinajstić information content (AvgIpc) is 2.71. The molecule has 8 nitrogen and oxygen atoms in total. The Morgan fingerprint density at radius 1 is 1.00 bits per heavy atom. The Balaban J connectivity index is 0.00000341. The zero-order valence-corrected chi connectivity index (χ0v) is 19.7. The third kappa shape index (κ3) is 5.44. The number of benzene rings is 2. The van der Waals surface area contributed by atoms with E-state index in [4.69, 9.17) is 9.29 Å². The van der Waals surface area contributed by atoms with Gasteiger partial charge in [-0.15, -0.1) is 0 Å². The number of carbonyl (C=O) groups excluding carboxylic acids is 1. The van der Waals surface area contributed by atoms with Gasteiger partial charge in [0.1, 0.15) is 11.5 Å². The molecule has 1 atom stereocenters. The van der Waals surface area contributed by atoms with Crippen LogP contribution in [0.1, 0.15) is 23.7 Å². The SMILES string of the molecule is CCOC(=O)C(c1ccc(O)cc1)(c1ccc(OS(=O)(=O)O)cc1)c1ccccn1.[Na]. The summed E-state index contributed by atoms with van der Waals surface area (Å²) in [4.78, 5) is 17.8. The predicted octanol–water partition coefficient (Wildman–Crippen LogP) is 2.49. The number of ether oxygens (including phenoxy) is 1. The molecule has 3 rings (SSSR count). The van der Waals surface area contributed by atoms with Crippen molar-refractivity contribution in [2.24, 2.45) is 0 Å². The van der Waals surface area contributed by atoms with Crippen LogP contribution in [0.2, 0.25) is 0 Å². The Morgan fingerprint density at radius 3 is 2.06 bits per heavy atom. The van der Waals surface area contributed by atoms with E-state index in [0.29, 0.717) is 16.8 Å². The van der Waals surface area contributed by atoms with E-state index in [1.807, 2.05) is 0 Å². The van der Waals surface area contributed by atoms with Gasteiger partial charge in [-0.05, 0) is 54.4 Å². The molecule has 1 radical (unpaired) electrons. The van der Waals surface area contributed by atoms with Crippen LogP contribution in [0.4, 0.5) is 0 Å². The number of nitrogens with zero attached hydrogens (tertiary/aromatic N) is 1. The summed E-state index contributed by atoms with van der Waals surface area (Å²) in [5.41, 5.74) is -0.215. The van der Waals surface area contributed by atoms with Crippen LogP contribution in [0.25, 0.3) is 0 Å². The Morgan fingerprint density at radius 2 is 1.58 bits per heavy atom. The van der Waals surface area contributed by atoms with Crippen LogP contribution in [0.5, 0.6) is 11.5 Å². The Labute approximate surface area is 202 Å². The van der Waals surface area contributed by atoms with Gasteiger partial charge < -0.3 is 14.0 Å². The number of pyridine rings is 1. The van der Waals surface area contributed by atoms with Gasteiger partial charge in [-0.3, -0.25) is 14.3 Å². The summed E-state index contributed by atoms with van der Waals surface area (Å²) in [5.74, 6) is -0.710. The normalized spacial score (nSPS) is 12.8. The van der Waals surface area contributed by atoms with Crippen molar-refractivity contribution in [1.29, 1.82) is 0 Å². The molecule has 1 unspecified atom stereocenters. The minimum Gasteiger partial charge on any atom is -0.508 e. The van der Waals surface area contributed by atoms with Gasteiger partial charge >= 0.3 is 16.4 Å². The molecule has 157 valence electrons. The van der Waals surface area contributed by atoms with Crippen molar-refractivity contribution in [2.45, 2.75) is 12.3 Å². The molecular weight excluding hydrogens is 433 g/mol. The summed E-state index contributed by atoms with van der Waals surface area (Å²) in [6.45, 7) is 1.80. The number of rotatable bonds is 7. The largest absolute Gasteiger partial charge is 0.508 e. The van der Waals surface area contributed by atoms with Gasteiger partial charge in [0.25, 0.3) is 0 Å². The average molecular weight is 452 g/mol. The zero-order valence-electron chi connectivity index (χ0n) is 16.9. The summed E-state index contributed by atoms with van der Waals surface area (Å²) >= 11 is 0. The summed E-state index contributed by atoms with van der Waals surface area (Å²) in [6.07, 6.45) is 1.54. The Bertz CT molecular complexity index is 1120. The summed E-state index contributed by atoms with van der Waals surface area (Å²) in [7, 11) is -4.69. The third-order valence-electron chi connectivity index (χ3n) is 4.42. The van der Waals surface area contributed by atoms with Crippen molar-refractivity contribution in [3.05, 3.63) is 89.7 Å². The molecule has 2 N–H and O–H groups in total. The quantitative estimate of drug-likeness (QED) is 0.318. The van der Waals surface area contributed by atoms with Crippen molar-refractivity contribution in [3.8, 4) is 11.5 Å².